The Morgan fingerprint density at radius 3 is 0.844 bits per heavy atom. The number of carbonyl (C=O) groups is 4. The van der Waals surface area contributed by atoms with Gasteiger partial charge < -0.3 is 33.8 Å². The summed E-state index contributed by atoms with van der Waals surface area (Å²) in [5.41, 5.74) is 0. The van der Waals surface area contributed by atoms with Gasteiger partial charge in [-0.1, -0.05) is 305 Å². The number of phosphoric acid groups is 2. The quantitative estimate of drug-likeness (QED) is 0.0222. The molecule has 534 valence electrons. The number of phosphoric ester groups is 2. The van der Waals surface area contributed by atoms with E-state index in [4.69, 9.17) is 37.0 Å². The van der Waals surface area contributed by atoms with Crippen LogP contribution < -0.4 is 0 Å². The third kappa shape index (κ3) is 62.2. The molecule has 0 aliphatic rings. The molecule has 0 spiro atoms. The first kappa shape index (κ1) is 88.1. The number of hydrogen-bond donors (Lipinski definition) is 3. The molecule has 3 N–H and O–H groups in total. The van der Waals surface area contributed by atoms with E-state index in [9.17, 15) is 43.2 Å². The van der Waals surface area contributed by atoms with Gasteiger partial charge in [0.15, 0.2) is 12.2 Å². The van der Waals surface area contributed by atoms with Gasteiger partial charge in [0.05, 0.1) is 26.4 Å². The van der Waals surface area contributed by atoms with Crippen molar-refractivity contribution < 1.29 is 80.2 Å². The van der Waals surface area contributed by atoms with E-state index in [0.29, 0.717) is 31.6 Å². The summed E-state index contributed by atoms with van der Waals surface area (Å²) in [6.07, 6.45) is 45.8. The zero-order chi connectivity index (χ0) is 66.6. The monoisotopic (exact) mass is 1320 g/mol. The fourth-order valence-electron chi connectivity index (χ4n) is 10.7. The van der Waals surface area contributed by atoms with E-state index in [1.165, 1.54) is 167 Å². The molecule has 19 heteroatoms. The summed E-state index contributed by atoms with van der Waals surface area (Å²) in [7, 11) is -9.90. The second-order valence-electron chi connectivity index (χ2n) is 26.6. The summed E-state index contributed by atoms with van der Waals surface area (Å²) >= 11 is 0. The molecular formula is C71H138O17P2. The molecule has 7 atom stereocenters. The summed E-state index contributed by atoms with van der Waals surface area (Å²) in [6.45, 7) is 11.8. The number of aliphatic hydroxyl groups is 1. The van der Waals surface area contributed by atoms with Crippen LogP contribution in [0.1, 0.15) is 357 Å². The Morgan fingerprint density at radius 1 is 0.322 bits per heavy atom. The van der Waals surface area contributed by atoms with Crippen LogP contribution in [0.4, 0.5) is 0 Å². The highest BCUT2D eigenvalue weighted by Gasteiger charge is 2.30. The number of unbranched alkanes of at least 4 members (excludes halogenated alkanes) is 35. The summed E-state index contributed by atoms with van der Waals surface area (Å²) in [5.74, 6) is 0.192. The fraction of sp³-hybridized carbons (Fsp3) is 0.944. The lowest BCUT2D eigenvalue weighted by molar-refractivity contribution is -0.161. The molecule has 0 radical (unpaired) electrons. The third-order valence-electron chi connectivity index (χ3n) is 17.1. The van der Waals surface area contributed by atoms with Gasteiger partial charge in [-0.2, -0.15) is 0 Å². The zero-order valence-electron chi connectivity index (χ0n) is 58.6. The number of aliphatic hydroxyl groups excluding tert-OH is 1. The van der Waals surface area contributed by atoms with Crippen LogP contribution >= 0.6 is 15.6 Å². The molecule has 90 heavy (non-hydrogen) atoms. The first-order chi connectivity index (χ1) is 43.3. The van der Waals surface area contributed by atoms with E-state index in [-0.39, 0.29) is 25.7 Å². The number of hydrogen-bond acceptors (Lipinski definition) is 15. The molecule has 0 aliphatic carbocycles. The number of ether oxygens (including phenoxy) is 4. The molecular weight excluding hydrogens is 1190 g/mol. The van der Waals surface area contributed by atoms with Gasteiger partial charge in [0.25, 0.3) is 0 Å². The minimum Gasteiger partial charge on any atom is -0.462 e. The van der Waals surface area contributed by atoms with E-state index >= 15 is 0 Å². The molecule has 0 fully saturated rings. The number of esters is 4. The highest BCUT2D eigenvalue weighted by molar-refractivity contribution is 7.47. The second kappa shape index (κ2) is 61.9. The highest BCUT2D eigenvalue weighted by Crippen LogP contribution is 2.45. The molecule has 4 unspecified atom stereocenters. The Morgan fingerprint density at radius 2 is 0.567 bits per heavy atom. The topological polar surface area (TPSA) is 237 Å². The summed E-state index contributed by atoms with van der Waals surface area (Å²) < 4.78 is 68.3. The van der Waals surface area contributed by atoms with E-state index in [1.807, 2.05) is 0 Å². The van der Waals surface area contributed by atoms with Crippen LogP contribution in [0.25, 0.3) is 0 Å². The van der Waals surface area contributed by atoms with Crippen LogP contribution in [0, 0.1) is 17.8 Å². The molecule has 0 heterocycles. The Hall–Kier alpha value is -1.94. The lowest BCUT2D eigenvalue weighted by Crippen LogP contribution is -2.30. The molecule has 0 aliphatic heterocycles. The largest absolute Gasteiger partial charge is 0.472 e. The Labute approximate surface area is 549 Å². The van der Waals surface area contributed by atoms with Crippen molar-refractivity contribution in [2.75, 3.05) is 39.6 Å². The van der Waals surface area contributed by atoms with Crippen LogP contribution in [0.2, 0.25) is 0 Å². The standard InChI is InChI=1S/C71H138O17P2/c1-8-11-12-13-14-15-23-31-38-45-52-68(73)81-59-67(88-71(76)55-48-41-34-27-28-35-42-49-62(4)5)61-86-90(79,80)84-57-65(72)56-83-89(77,78)85-60-66(58-82-69(74)53-46-39-32-26-25-30-37-44-51-64(7)10-3)87-70(75)54-47-40-33-24-21-19-17-16-18-20-22-29-36-43-50-63(6)9-2/h62-67,72H,8-61H2,1-7H3,(H,77,78)(H,79,80)/t63?,64?,65-,66-,67-/m1/s1. The number of carbonyl (C=O) groups excluding carboxylic acids is 4. The van der Waals surface area contributed by atoms with Gasteiger partial charge >= 0.3 is 39.5 Å². The Balaban J connectivity index is 5.23. The minimum atomic E-state index is -4.95. The molecule has 0 aromatic heterocycles. The van der Waals surface area contributed by atoms with E-state index in [0.717, 1.165) is 102 Å². The SMILES string of the molecule is CCCCCCCCCCCCC(=O)OC[C@H](COP(=O)(O)OC[C@H](O)COP(=O)(O)OC[C@@H](COC(=O)CCCCCCCCCCC(C)CC)OC(=O)CCCCCCCCCCCCCCCCC(C)CC)OC(=O)CCCCCCCCCC(C)C. The zero-order valence-corrected chi connectivity index (χ0v) is 60.4. The normalized spacial score (nSPS) is 14.8. The average molecular weight is 1330 g/mol. The van der Waals surface area contributed by atoms with Crippen molar-refractivity contribution in [1.82, 2.24) is 0 Å². The Kier molecular flexibility index (Phi) is 60.6. The number of rotatable bonds is 69. The van der Waals surface area contributed by atoms with Gasteiger partial charge in [-0.3, -0.25) is 37.3 Å². The van der Waals surface area contributed by atoms with Gasteiger partial charge in [-0.05, 0) is 43.4 Å². The van der Waals surface area contributed by atoms with Crippen molar-refractivity contribution in [3.05, 3.63) is 0 Å². The molecule has 0 saturated heterocycles. The predicted molar refractivity (Wildman–Crippen MR) is 363 cm³/mol. The lowest BCUT2D eigenvalue weighted by Gasteiger charge is -2.21. The fourth-order valence-corrected chi connectivity index (χ4v) is 12.2. The lowest BCUT2D eigenvalue weighted by atomic mass is 9.99. The molecule has 17 nitrogen and oxygen atoms in total. The van der Waals surface area contributed by atoms with Crippen LogP contribution in [-0.4, -0.2) is 96.7 Å². The van der Waals surface area contributed by atoms with E-state index in [1.54, 1.807) is 0 Å². The van der Waals surface area contributed by atoms with Gasteiger partial charge in [0, 0.05) is 25.7 Å². The van der Waals surface area contributed by atoms with Crippen LogP contribution in [0.3, 0.4) is 0 Å². The average Bonchev–Trinajstić information content (AvgIpc) is 3.72. The third-order valence-corrected chi connectivity index (χ3v) is 19.0. The Bertz CT molecular complexity index is 1770. The summed E-state index contributed by atoms with van der Waals surface area (Å²) in [5, 5.41) is 10.6. The summed E-state index contributed by atoms with van der Waals surface area (Å²) in [6, 6.07) is 0. The van der Waals surface area contributed by atoms with Crippen LogP contribution in [0.15, 0.2) is 0 Å². The molecule has 0 saturated carbocycles. The molecule has 0 amide bonds. The smallest absolute Gasteiger partial charge is 0.462 e. The maximum atomic E-state index is 13.0. The van der Waals surface area contributed by atoms with Crippen molar-refractivity contribution in [3.63, 3.8) is 0 Å². The van der Waals surface area contributed by atoms with Crippen molar-refractivity contribution in [1.29, 1.82) is 0 Å². The van der Waals surface area contributed by atoms with Crippen molar-refractivity contribution >= 4 is 39.5 Å². The van der Waals surface area contributed by atoms with E-state index in [2.05, 4.69) is 48.5 Å². The highest BCUT2D eigenvalue weighted by atomic mass is 31.2. The van der Waals surface area contributed by atoms with Gasteiger partial charge in [-0.25, -0.2) is 9.13 Å². The van der Waals surface area contributed by atoms with Gasteiger partial charge in [-0.15, -0.1) is 0 Å². The van der Waals surface area contributed by atoms with Crippen molar-refractivity contribution in [2.24, 2.45) is 17.8 Å². The van der Waals surface area contributed by atoms with Crippen LogP contribution in [-0.2, 0) is 65.4 Å². The van der Waals surface area contributed by atoms with E-state index < -0.39 is 97.5 Å². The molecule has 0 aromatic rings. The first-order valence-electron chi connectivity index (χ1n) is 36.9. The van der Waals surface area contributed by atoms with Crippen molar-refractivity contribution in [3.8, 4) is 0 Å². The van der Waals surface area contributed by atoms with Crippen molar-refractivity contribution in [2.45, 2.75) is 375 Å². The first-order valence-corrected chi connectivity index (χ1v) is 39.9. The molecule has 0 bridgehead atoms. The van der Waals surface area contributed by atoms with Gasteiger partial charge in [0.2, 0.25) is 0 Å². The molecule has 0 rings (SSSR count). The molecule has 0 aromatic carbocycles. The van der Waals surface area contributed by atoms with Gasteiger partial charge in [0.1, 0.15) is 19.3 Å². The predicted octanol–water partition coefficient (Wildman–Crippen LogP) is 20.2. The van der Waals surface area contributed by atoms with Crippen LogP contribution in [0.5, 0.6) is 0 Å². The summed E-state index contributed by atoms with van der Waals surface area (Å²) in [4.78, 5) is 72.5. The second-order valence-corrected chi connectivity index (χ2v) is 29.5. The maximum Gasteiger partial charge on any atom is 0.472 e. The minimum absolute atomic E-state index is 0.103. The maximum absolute atomic E-state index is 13.0.